The van der Waals surface area contributed by atoms with Gasteiger partial charge in [-0.15, -0.1) is 11.3 Å². The Bertz CT molecular complexity index is 647. The van der Waals surface area contributed by atoms with Crippen LogP contribution in [0.1, 0.15) is 10.6 Å². The quantitative estimate of drug-likeness (QED) is 0.898. The van der Waals surface area contributed by atoms with Crippen molar-refractivity contribution < 1.29 is 9.53 Å². The van der Waals surface area contributed by atoms with Crippen molar-refractivity contribution in [2.45, 2.75) is 13.1 Å². The fourth-order valence-electron chi connectivity index (χ4n) is 2.34. The molecule has 2 heterocycles. The average Bonchev–Trinajstić information content (AvgIpc) is 2.95. The number of hydrogen-bond acceptors (Lipinski definition) is 6. The number of carbonyl (C=O) groups excluding carboxylic acids is 1. The summed E-state index contributed by atoms with van der Waals surface area (Å²) in [6, 6.07) is 7.31. The zero-order valence-electron chi connectivity index (χ0n) is 11.6. The lowest BCUT2D eigenvalue weighted by molar-refractivity contribution is -0.117. The van der Waals surface area contributed by atoms with E-state index in [1.54, 1.807) is 13.2 Å². The Morgan fingerprint density at radius 3 is 3.14 bits per heavy atom. The SMILES string of the molecule is COc1cccc(NC(=O)CN2Cc3nc(N)sc3C2)c1. The summed E-state index contributed by atoms with van der Waals surface area (Å²) in [5, 5.41) is 3.47. The van der Waals surface area contributed by atoms with Gasteiger partial charge in [-0.25, -0.2) is 4.98 Å². The molecule has 0 bridgehead atoms. The fourth-order valence-corrected chi connectivity index (χ4v) is 3.22. The Morgan fingerprint density at radius 2 is 2.38 bits per heavy atom. The van der Waals surface area contributed by atoms with Crippen molar-refractivity contribution in [2.75, 3.05) is 24.7 Å². The summed E-state index contributed by atoms with van der Waals surface area (Å²) in [6.07, 6.45) is 0. The molecule has 2 aromatic rings. The number of nitrogens with two attached hydrogens (primary N) is 1. The van der Waals surface area contributed by atoms with Crippen molar-refractivity contribution in [3.63, 3.8) is 0 Å². The number of amides is 1. The average molecular weight is 304 g/mol. The summed E-state index contributed by atoms with van der Waals surface area (Å²) in [7, 11) is 1.60. The van der Waals surface area contributed by atoms with Crippen LogP contribution in [0.3, 0.4) is 0 Å². The Labute approximate surface area is 126 Å². The molecule has 1 aliphatic rings. The third-order valence-corrected chi connectivity index (χ3v) is 4.17. The highest BCUT2D eigenvalue weighted by Crippen LogP contribution is 2.29. The molecule has 1 aliphatic heterocycles. The number of benzene rings is 1. The van der Waals surface area contributed by atoms with E-state index in [0.717, 1.165) is 28.6 Å². The second-order valence-corrected chi connectivity index (χ2v) is 5.96. The number of ether oxygens (including phenoxy) is 1. The minimum Gasteiger partial charge on any atom is -0.497 e. The number of nitrogen functional groups attached to an aromatic ring is 1. The highest BCUT2D eigenvalue weighted by Gasteiger charge is 2.24. The lowest BCUT2D eigenvalue weighted by Gasteiger charge is -2.14. The van der Waals surface area contributed by atoms with Crippen LogP contribution in [0.4, 0.5) is 10.8 Å². The normalized spacial score (nSPS) is 14.0. The maximum absolute atomic E-state index is 12.1. The zero-order valence-corrected chi connectivity index (χ0v) is 12.4. The number of nitrogens with one attached hydrogen (secondary N) is 1. The predicted octanol–water partition coefficient (Wildman–Crippen LogP) is 1.69. The van der Waals surface area contributed by atoms with E-state index in [1.165, 1.54) is 11.3 Å². The highest BCUT2D eigenvalue weighted by molar-refractivity contribution is 7.15. The predicted molar refractivity (Wildman–Crippen MR) is 82.3 cm³/mol. The van der Waals surface area contributed by atoms with Gasteiger partial charge >= 0.3 is 0 Å². The third-order valence-electron chi connectivity index (χ3n) is 3.26. The molecule has 0 radical (unpaired) electrons. The van der Waals surface area contributed by atoms with Gasteiger partial charge in [-0.3, -0.25) is 9.69 Å². The third kappa shape index (κ3) is 3.14. The number of anilines is 2. The minimum absolute atomic E-state index is 0.0496. The maximum atomic E-state index is 12.1. The van der Waals surface area contributed by atoms with Crippen LogP contribution in [0.5, 0.6) is 5.75 Å². The van der Waals surface area contributed by atoms with Gasteiger partial charge in [-0.1, -0.05) is 6.07 Å². The van der Waals surface area contributed by atoms with E-state index < -0.39 is 0 Å². The molecule has 1 amide bonds. The molecule has 0 fully saturated rings. The minimum atomic E-state index is -0.0496. The van der Waals surface area contributed by atoms with Crippen molar-refractivity contribution >= 4 is 28.1 Å². The number of rotatable bonds is 4. The summed E-state index contributed by atoms with van der Waals surface area (Å²) in [4.78, 5) is 19.5. The molecular weight excluding hydrogens is 288 g/mol. The van der Waals surface area contributed by atoms with Crippen molar-refractivity contribution in [1.82, 2.24) is 9.88 Å². The van der Waals surface area contributed by atoms with Gasteiger partial charge in [0.1, 0.15) is 5.75 Å². The topological polar surface area (TPSA) is 80.5 Å². The summed E-state index contributed by atoms with van der Waals surface area (Å²) in [6.45, 7) is 1.74. The molecule has 3 rings (SSSR count). The van der Waals surface area contributed by atoms with Crippen LogP contribution < -0.4 is 15.8 Å². The summed E-state index contributed by atoms with van der Waals surface area (Å²) in [5.74, 6) is 0.669. The monoisotopic (exact) mass is 304 g/mol. The van der Waals surface area contributed by atoms with Crippen LogP contribution in [0.2, 0.25) is 0 Å². The number of aromatic nitrogens is 1. The van der Waals surface area contributed by atoms with Crippen LogP contribution in [0, 0.1) is 0 Å². The molecule has 0 atom stereocenters. The van der Waals surface area contributed by atoms with Crippen LogP contribution >= 0.6 is 11.3 Å². The van der Waals surface area contributed by atoms with Gasteiger partial charge < -0.3 is 15.8 Å². The van der Waals surface area contributed by atoms with Gasteiger partial charge in [0.25, 0.3) is 0 Å². The van der Waals surface area contributed by atoms with E-state index in [4.69, 9.17) is 10.5 Å². The molecule has 0 saturated heterocycles. The number of carbonyl (C=O) groups is 1. The Balaban J connectivity index is 1.56. The fraction of sp³-hybridized carbons (Fsp3) is 0.286. The lowest BCUT2D eigenvalue weighted by Crippen LogP contribution is -2.29. The summed E-state index contributed by atoms with van der Waals surface area (Å²) >= 11 is 1.49. The molecular formula is C14H16N4O2S. The second-order valence-electron chi connectivity index (χ2n) is 4.85. The number of nitrogens with zero attached hydrogens (tertiary/aromatic N) is 2. The number of fused-ring (bicyclic) bond motifs is 1. The smallest absolute Gasteiger partial charge is 0.238 e. The second kappa shape index (κ2) is 5.71. The van der Waals surface area contributed by atoms with Gasteiger partial charge in [0, 0.05) is 29.7 Å². The molecule has 0 saturated carbocycles. The highest BCUT2D eigenvalue weighted by atomic mass is 32.1. The lowest BCUT2D eigenvalue weighted by atomic mass is 10.3. The van der Waals surface area contributed by atoms with Crippen molar-refractivity contribution in [3.05, 3.63) is 34.8 Å². The maximum Gasteiger partial charge on any atom is 0.238 e. The van der Waals surface area contributed by atoms with Gasteiger partial charge in [-0.05, 0) is 12.1 Å². The van der Waals surface area contributed by atoms with Crippen molar-refractivity contribution in [2.24, 2.45) is 0 Å². The van der Waals surface area contributed by atoms with E-state index in [-0.39, 0.29) is 5.91 Å². The van der Waals surface area contributed by atoms with Crippen LogP contribution in [-0.2, 0) is 17.9 Å². The molecule has 0 aliphatic carbocycles. The van der Waals surface area contributed by atoms with Gasteiger partial charge in [0.05, 0.1) is 19.3 Å². The van der Waals surface area contributed by atoms with Crippen molar-refractivity contribution in [3.8, 4) is 5.75 Å². The summed E-state index contributed by atoms with van der Waals surface area (Å²) < 4.78 is 5.13. The molecule has 110 valence electrons. The largest absolute Gasteiger partial charge is 0.497 e. The molecule has 3 N–H and O–H groups in total. The Kier molecular flexibility index (Phi) is 3.76. The van der Waals surface area contributed by atoms with Crippen LogP contribution in [-0.4, -0.2) is 29.4 Å². The van der Waals surface area contributed by atoms with Crippen LogP contribution in [0.15, 0.2) is 24.3 Å². The number of hydrogen-bond donors (Lipinski definition) is 2. The Morgan fingerprint density at radius 1 is 1.52 bits per heavy atom. The molecule has 1 aromatic heterocycles. The molecule has 0 spiro atoms. The van der Waals surface area contributed by atoms with Gasteiger partial charge in [0.15, 0.2) is 5.13 Å². The first-order chi connectivity index (χ1) is 10.1. The molecule has 1 aromatic carbocycles. The van der Waals surface area contributed by atoms with Crippen LogP contribution in [0.25, 0.3) is 0 Å². The van der Waals surface area contributed by atoms with E-state index in [9.17, 15) is 4.79 Å². The molecule has 0 unspecified atom stereocenters. The van der Waals surface area contributed by atoms with E-state index in [2.05, 4.69) is 10.3 Å². The zero-order chi connectivity index (χ0) is 14.8. The molecule has 21 heavy (non-hydrogen) atoms. The first-order valence-corrected chi connectivity index (χ1v) is 7.36. The van der Waals surface area contributed by atoms with E-state index in [1.807, 2.05) is 23.1 Å². The first kappa shape index (κ1) is 13.8. The van der Waals surface area contributed by atoms with Gasteiger partial charge in [-0.2, -0.15) is 0 Å². The van der Waals surface area contributed by atoms with Gasteiger partial charge in [0.2, 0.25) is 5.91 Å². The molecule has 6 nitrogen and oxygen atoms in total. The van der Waals surface area contributed by atoms with E-state index in [0.29, 0.717) is 18.2 Å². The standard InChI is InChI=1S/C14H16N4O2S/c1-20-10-4-2-3-9(5-10)16-13(19)8-18-6-11-12(7-18)21-14(15)17-11/h2-5H,6-8H2,1H3,(H2,15,17)(H,16,19). The Hall–Kier alpha value is -2.12. The summed E-state index contributed by atoms with van der Waals surface area (Å²) in [5.41, 5.74) is 7.39. The first-order valence-electron chi connectivity index (χ1n) is 6.54. The van der Waals surface area contributed by atoms with Crippen molar-refractivity contribution in [1.29, 1.82) is 0 Å². The van der Waals surface area contributed by atoms with E-state index >= 15 is 0 Å². The number of methoxy groups -OCH3 is 1. The number of thiazole rings is 1. The molecule has 7 heteroatoms.